The summed E-state index contributed by atoms with van der Waals surface area (Å²) in [4.78, 5) is 0. The van der Waals surface area contributed by atoms with Crippen molar-refractivity contribution in [2.24, 2.45) is 0 Å². The van der Waals surface area contributed by atoms with Gasteiger partial charge in [-0.25, -0.2) is 4.39 Å². The van der Waals surface area contributed by atoms with Gasteiger partial charge in [-0.05, 0) is 6.42 Å². The summed E-state index contributed by atoms with van der Waals surface area (Å²) >= 11 is 0. The fraction of sp³-hybridized carbons (Fsp3) is 1.00. The van der Waals surface area contributed by atoms with E-state index in [-0.39, 0.29) is 6.42 Å². The van der Waals surface area contributed by atoms with E-state index in [1.807, 2.05) is 6.92 Å². The summed E-state index contributed by atoms with van der Waals surface area (Å²) in [5, 5.41) is 24.6. The molecule has 1 unspecified atom stereocenters. The maximum Gasteiger partial charge on any atom is 0.357 e. The first-order chi connectivity index (χ1) is 6.23. The lowest BCUT2D eigenvalue weighted by Crippen LogP contribution is -2.53. The van der Waals surface area contributed by atoms with Gasteiger partial charge >= 0.3 is 11.9 Å². The Hall–Kier alpha value is -0.330. The summed E-state index contributed by atoms with van der Waals surface area (Å²) < 4.78 is 38.0. The summed E-state index contributed by atoms with van der Waals surface area (Å²) in [6.07, 6.45) is -1.74. The molecule has 0 fully saturated rings. The minimum atomic E-state index is -4.55. The molecule has 0 aromatic heterocycles. The molecule has 86 valence electrons. The van der Waals surface area contributed by atoms with Gasteiger partial charge in [-0.15, -0.1) is 0 Å². The number of unbranched alkanes of at least 4 members (excludes halogenated alkanes) is 2. The van der Waals surface area contributed by atoms with Crippen LogP contribution in [0.15, 0.2) is 0 Å². The summed E-state index contributed by atoms with van der Waals surface area (Å²) in [5.74, 6) is -8.85. The largest absolute Gasteiger partial charge is 0.357 e. The van der Waals surface area contributed by atoms with Crippen LogP contribution in [0.5, 0.6) is 0 Å². The Morgan fingerprint density at radius 1 is 1.14 bits per heavy atom. The highest BCUT2D eigenvalue weighted by Gasteiger charge is 2.57. The van der Waals surface area contributed by atoms with Gasteiger partial charge in [0.2, 0.25) is 0 Å². The molecule has 0 bridgehead atoms. The highest BCUT2D eigenvalue weighted by atomic mass is 19.3. The van der Waals surface area contributed by atoms with Crippen molar-refractivity contribution in [3.05, 3.63) is 0 Å². The number of halogens is 3. The third kappa shape index (κ3) is 3.43. The van der Waals surface area contributed by atoms with E-state index < -0.39 is 24.5 Å². The second-order valence-corrected chi connectivity index (χ2v) is 3.22. The van der Waals surface area contributed by atoms with Crippen molar-refractivity contribution < 1.29 is 28.5 Å². The molecule has 0 rings (SSSR count). The Morgan fingerprint density at radius 2 is 1.64 bits per heavy atom. The van der Waals surface area contributed by atoms with Crippen LogP contribution in [0.1, 0.15) is 32.6 Å². The van der Waals surface area contributed by atoms with Crippen LogP contribution in [0.4, 0.5) is 13.2 Å². The molecule has 3 nitrogen and oxygen atoms in total. The van der Waals surface area contributed by atoms with Gasteiger partial charge in [0, 0.05) is 0 Å². The van der Waals surface area contributed by atoms with E-state index in [1.165, 1.54) is 0 Å². The third-order valence-electron chi connectivity index (χ3n) is 1.90. The zero-order valence-corrected chi connectivity index (χ0v) is 7.88. The van der Waals surface area contributed by atoms with Crippen molar-refractivity contribution in [2.75, 3.05) is 0 Å². The molecule has 0 radical (unpaired) electrons. The van der Waals surface area contributed by atoms with Gasteiger partial charge in [-0.2, -0.15) is 8.78 Å². The van der Waals surface area contributed by atoms with E-state index in [2.05, 4.69) is 0 Å². The van der Waals surface area contributed by atoms with Crippen LogP contribution < -0.4 is 0 Å². The minimum Gasteiger partial charge on any atom is -0.339 e. The lowest BCUT2D eigenvalue weighted by Gasteiger charge is -2.27. The summed E-state index contributed by atoms with van der Waals surface area (Å²) in [6.45, 7) is 1.82. The number of hydrogen-bond donors (Lipinski definition) is 3. The summed E-state index contributed by atoms with van der Waals surface area (Å²) in [5.41, 5.74) is 0. The van der Waals surface area contributed by atoms with Gasteiger partial charge in [0.1, 0.15) is 0 Å². The fourth-order valence-electron chi connectivity index (χ4n) is 0.965. The van der Waals surface area contributed by atoms with E-state index in [4.69, 9.17) is 15.3 Å². The number of hydrogen-bond acceptors (Lipinski definition) is 3. The number of alkyl halides is 3. The highest BCUT2D eigenvalue weighted by Crippen LogP contribution is 2.33. The van der Waals surface area contributed by atoms with Gasteiger partial charge in [0.05, 0.1) is 0 Å². The van der Waals surface area contributed by atoms with Crippen LogP contribution >= 0.6 is 0 Å². The van der Waals surface area contributed by atoms with Crippen LogP contribution in [0.2, 0.25) is 0 Å². The molecule has 1 atom stereocenters. The monoisotopic (exact) mass is 216 g/mol. The molecule has 3 N–H and O–H groups in total. The zero-order valence-electron chi connectivity index (χ0n) is 7.88. The maximum atomic E-state index is 12.8. The third-order valence-corrected chi connectivity index (χ3v) is 1.90. The van der Waals surface area contributed by atoms with Crippen molar-refractivity contribution >= 4 is 0 Å². The number of rotatable bonds is 6. The Morgan fingerprint density at radius 3 is 2.00 bits per heavy atom. The molecule has 0 saturated carbocycles. The molecule has 0 aliphatic rings. The minimum absolute atomic E-state index is 0.212. The average Bonchev–Trinajstić information content (AvgIpc) is 2.02. The topological polar surface area (TPSA) is 60.7 Å². The lowest BCUT2D eigenvalue weighted by atomic mass is 10.1. The van der Waals surface area contributed by atoms with E-state index in [0.29, 0.717) is 6.42 Å². The van der Waals surface area contributed by atoms with Crippen molar-refractivity contribution in [3.63, 3.8) is 0 Å². The second kappa shape index (κ2) is 4.95. The average molecular weight is 216 g/mol. The first-order valence-electron chi connectivity index (χ1n) is 4.42. The van der Waals surface area contributed by atoms with Crippen molar-refractivity contribution in [1.29, 1.82) is 0 Å². The molecule has 0 spiro atoms. The predicted molar refractivity (Wildman–Crippen MR) is 43.4 cm³/mol. The van der Waals surface area contributed by atoms with Crippen LogP contribution in [-0.4, -0.2) is 33.4 Å². The zero-order chi connectivity index (χ0) is 11.4. The van der Waals surface area contributed by atoms with Crippen LogP contribution in [0.25, 0.3) is 0 Å². The second-order valence-electron chi connectivity index (χ2n) is 3.22. The normalized spacial score (nSPS) is 15.6. The maximum absolute atomic E-state index is 12.8. The molecule has 0 aliphatic heterocycles. The smallest absolute Gasteiger partial charge is 0.339 e. The standard InChI is InChI=1S/C8H15F3O3/c1-2-3-4-5-6(9)7(10,11)8(12,13)14/h6,12-14H,2-5H2,1H3. The predicted octanol–water partition coefficient (Wildman–Crippen LogP) is 1.17. The molecule has 0 aromatic rings. The fourth-order valence-corrected chi connectivity index (χ4v) is 0.965. The first kappa shape index (κ1) is 13.7. The molecule has 0 aliphatic carbocycles. The van der Waals surface area contributed by atoms with Gasteiger partial charge in [0.15, 0.2) is 6.17 Å². The van der Waals surface area contributed by atoms with E-state index >= 15 is 0 Å². The molecular formula is C8H15F3O3. The molecule has 6 heteroatoms. The van der Waals surface area contributed by atoms with Gasteiger partial charge < -0.3 is 15.3 Å². The molecule has 0 heterocycles. The Kier molecular flexibility index (Phi) is 4.83. The Balaban J connectivity index is 4.15. The number of aliphatic hydroxyl groups is 3. The highest BCUT2D eigenvalue weighted by molar-refractivity contribution is 4.82. The summed E-state index contributed by atoms with van der Waals surface area (Å²) in [7, 11) is 0. The van der Waals surface area contributed by atoms with Crippen molar-refractivity contribution in [2.45, 2.75) is 50.7 Å². The quantitative estimate of drug-likeness (QED) is 0.461. The SMILES string of the molecule is CCCCCC(F)C(F)(F)C(O)(O)O. The molecule has 14 heavy (non-hydrogen) atoms. The van der Waals surface area contributed by atoms with Crippen molar-refractivity contribution in [1.82, 2.24) is 0 Å². The van der Waals surface area contributed by atoms with Gasteiger partial charge in [0.25, 0.3) is 0 Å². The Labute approximate surface area is 80.2 Å². The first-order valence-corrected chi connectivity index (χ1v) is 4.42. The molecular weight excluding hydrogens is 201 g/mol. The molecule has 0 amide bonds. The van der Waals surface area contributed by atoms with Crippen LogP contribution in [0, 0.1) is 0 Å². The summed E-state index contributed by atoms with van der Waals surface area (Å²) in [6, 6.07) is 0. The van der Waals surface area contributed by atoms with Crippen LogP contribution in [-0.2, 0) is 0 Å². The van der Waals surface area contributed by atoms with E-state index in [1.54, 1.807) is 0 Å². The Bertz CT molecular complexity index is 168. The van der Waals surface area contributed by atoms with Crippen LogP contribution in [0.3, 0.4) is 0 Å². The van der Waals surface area contributed by atoms with E-state index in [0.717, 1.165) is 6.42 Å². The lowest BCUT2D eigenvalue weighted by molar-refractivity contribution is -0.417. The van der Waals surface area contributed by atoms with Gasteiger partial charge in [-0.1, -0.05) is 26.2 Å². The molecule has 0 aromatic carbocycles. The van der Waals surface area contributed by atoms with Gasteiger partial charge in [-0.3, -0.25) is 0 Å². The van der Waals surface area contributed by atoms with Crippen molar-refractivity contribution in [3.8, 4) is 0 Å². The molecule has 0 saturated heterocycles. The van der Waals surface area contributed by atoms with E-state index in [9.17, 15) is 13.2 Å².